The van der Waals surface area contributed by atoms with Crippen LogP contribution in [0.4, 0.5) is 24.9 Å². The molecule has 0 atom stereocenters. The predicted molar refractivity (Wildman–Crippen MR) is 95.2 cm³/mol. The molecular weight excluding hydrogens is 373 g/mol. The van der Waals surface area contributed by atoms with E-state index in [4.69, 9.17) is 0 Å². The van der Waals surface area contributed by atoms with Crippen molar-refractivity contribution in [2.45, 2.75) is 50.6 Å². The van der Waals surface area contributed by atoms with Crippen molar-refractivity contribution in [3.63, 3.8) is 0 Å². The molecule has 2 heterocycles. The number of rotatable bonds is 5. The highest BCUT2D eigenvalue weighted by Crippen LogP contribution is 2.30. The van der Waals surface area contributed by atoms with Crippen molar-refractivity contribution in [1.82, 2.24) is 15.0 Å². The molecule has 2 aromatic heterocycles. The number of nitrogens with one attached hydrogen (secondary N) is 2. The number of hydrogen-bond acceptors (Lipinski definition) is 7. The first-order valence-corrected chi connectivity index (χ1v) is 8.83. The molecule has 0 radical (unpaired) electrons. The van der Waals surface area contributed by atoms with Gasteiger partial charge in [0.2, 0.25) is 5.95 Å². The van der Waals surface area contributed by atoms with Crippen LogP contribution in [-0.2, 0) is 12.7 Å². The minimum Gasteiger partial charge on any atom is -0.393 e. The van der Waals surface area contributed by atoms with Crippen LogP contribution >= 0.6 is 0 Å². The average molecular weight is 392 g/mol. The van der Waals surface area contributed by atoms with Crippen LogP contribution in [0.2, 0.25) is 0 Å². The Bertz CT molecular complexity index is 859. The molecule has 1 aliphatic carbocycles. The van der Waals surface area contributed by atoms with E-state index in [0.29, 0.717) is 18.7 Å². The average Bonchev–Trinajstić information content (AvgIpc) is 2.68. The van der Waals surface area contributed by atoms with Crippen molar-refractivity contribution in [3.05, 3.63) is 41.3 Å². The summed E-state index contributed by atoms with van der Waals surface area (Å²) in [7, 11) is 0. The first-order chi connectivity index (χ1) is 13.4. The summed E-state index contributed by atoms with van der Waals surface area (Å²) >= 11 is 0. The maximum Gasteiger partial charge on any atom is 0.433 e. The zero-order valence-corrected chi connectivity index (χ0v) is 14.9. The molecule has 10 heteroatoms. The van der Waals surface area contributed by atoms with E-state index >= 15 is 0 Å². The largest absolute Gasteiger partial charge is 0.433 e. The van der Waals surface area contributed by atoms with Crippen molar-refractivity contribution in [1.29, 1.82) is 5.26 Å². The summed E-state index contributed by atoms with van der Waals surface area (Å²) in [5.74, 6) is 0.429. The quantitative estimate of drug-likeness (QED) is 0.718. The number of halogens is 3. The highest BCUT2D eigenvalue weighted by atomic mass is 19.4. The second-order valence-electron chi connectivity index (χ2n) is 6.58. The van der Waals surface area contributed by atoms with E-state index < -0.39 is 11.9 Å². The van der Waals surface area contributed by atoms with Gasteiger partial charge < -0.3 is 15.7 Å². The van der Waals surface area contributed by atoms with Gasteiger partial charge in [-0.05, 0) is 31.7 Å². The number of aromatic nitrogens is 3. The molecule has 0 saturated heterocycles. The van der Waals surface area contributed by atoms with Gasteiger partial charge in [0.1, 0.15) is 23.1 Å². The number of nitrogens with zero attached hydrogens (tertiary/aromatic N) is 4. The molecule has 7 nitrogen and oxygen atoms in total. The van der Waals surface area contributed by atoms with Crippen molar-refractivity contribution in [2.75, 3.05) is 10.6 Å². The molecule has 1 fully saturated rings. The smallest absolute Gasteiger partial charge is 0.393 e. The van der Waals surface area contributed by atoms with E-state index in [0.717, 1.165) is 19.0 Å². The topological polar surface area (TPSA) is 107 Å². The number of alkyl halides is 3. The predicted octanol–water partition coefficient (Wildman–Crippen LogP) is 3.09. The zero-order valence-electron chi connectivity index (χ0n) is 14.9. The van der Waals surface area contributed by atoms with Crippen molar-refractivity contribution in [2.24, 2.45) is 0 Å². The lowest BCUT2D eigenvalue weighted by Crippen LogP contribution is -2.29. The van der Waals surface area contributed by atoms with Crippen LogP contribution in [0.25, 0.3) is 0 Å². The number of pyridine rings is 1. The van der Waals surface area contributed by atoms with Gasteiger partial charge in [-0.15, -0.1) is 0 Å². The van der Waals surface area contributed by atoms with Gasteiger partial charge in [0, 0.05) is 24.3 Å². The molecule has 0 spiro atoms. The van der Waals surface area contributed by atoms with Crippen molar-refractivity contribution in [3.8, 4) is 6.07 Å². The van der Waals surface area contributed by atoms with Crippen LogP contribution < -0.4 is 10.6 Å². The Hall–Kier alpha value is -2.93. The monoisotopic (exact) mass is 392 g/mol. The molecule has 0 aliphatic heterocycles. The molecule has 3 N–H and O–H groups in total. The van der Waals surface area contributed by atoms with Crippen LogP contribution in [0.3, 0.4) is 0 Å². The van der Waals surface area contributed by atoms with E-state index in [-0.39, 0.29) is 35.8 Å². The van der Waals surface area contributed by atoms with E-state index in [1.165, 1.54) is 18.3 Å². The van der Waals surface area contributed by atoms with Gasteiger partial charge in [0.05, 0.1) is 12.3 Å². The molecule has 0 amide bonds. The Morgan fingerprint density at radius 1 is 1.21 bits per heavy atom. The van der Waals surface area contributed by atoms with Gasteiger partial charge in [-0.1, -0.05) is 6.07 Å². The summed E-state index contributed by atoms with van der Waals surface area (Å²) in [6, 6.07) is 4.82. The molecule has 148 valence electrons. The summed E-state index contributed by atoms with van der Waals surface area (Å²) in [4.78, 5) is 11.6. The first-order valence-electron chi connectivity index (χ1n) is 8.83. The van der Waals surface area contributed by atoms with E-state index in [9.17, 15) is 23.5 Å². The van der Waals surface area contributed by atoms with Crippen LogP contribution in [0.5, 0.6) is 0 Å². The Morgan fingerprint density at radius 2 is 1.96 bits per heavy atom. The standard InChI is InChI=1S/C18H19F3N6O/c19-18(20,21)15-11(2-1-7-23-15)9-24-17-25-10-12(8-22)16(27-17)26-13-3-5-14(28)6-4-13/h1-2,7,10,13-14,28H,3-6,9H2,(H2,24,25,26,27)/t13-,14+. The van der Waals surface area contributed by atoms with E-state index in [1.54, 1.807) is 0 Å². The molecule has 0 bridgehead atoms. The lowest BCUT2D eigenvalue weighted by Gasteiger charge is -2.26. The fourth-order valence-corrected chi connectivity index (χ4v) is 3.08. The Balaban J connectivity index is 1.73. The maximum absolute atomic E-state index is 13.0. The molecule has 3 rings (SSSR count). The third-order valence-corrected chi connectivity index (χ3v) is 4.54. The number of aliphatic hydroxyl groups is 1. The molecule has 28 heavy (non-hydrogen) atoms. The van der Waals surface area contributed by atoms with Gasteiger partial charge in [-0.25, -0.2) is 4.98 Å². The molecule has 1 aliphatic rings. The Morgan fingerprint density at radius 3 is 2.64 bits per heavy atom. The van der Waals surface area contributed by atoms with Gasteiger partial charge in [-0.3, -0.25) is 4.98 Å². The fraction of sp³-hybridized carbons (Fsp3) is 0.444. The highest BCUT2D eigenvalue weighted by Gasteiger charge is 2.34. The van der Waals surface area contributed by atoms with Crippen molar-refractivity contribution >= 4 is 11.8 Å². The minimum absolute atomic E-state index is 0.0289. The fourth-order valence-electron chi connectivity index (χ4n) is 3.08. The third kappa shape index (κ3) is 4.86. The van der Waals surface area contributed by atoms with E-state index in [2.05, 4.69) is 25.6 Å². The normalized spacial score (nSPS) is 19.7. The van der Waals surface area contributed by atoms with Crippen molar-refractivity contribution < 1.29 is 18.3 Å². The van der Waals surface area contributed by atoms with E-state index in [1.807, 2.05) is 6.07 Å². The molecule has 1 saturated carbocycles. The minimum atomic E-state index is -4.55. The number of anilines is 2. The summed E-state index contributed by atoms with van der Waals surface area (Å²) < 4.78 is 39.1. The number of nitriles is 1. The van der Waals surface area contributed by atoms with Crippen LogP contribution in [0, 0.1) is 11.3 Å². The lowest BCUT2D eigenvalue weighted by atomic mass is 9.93. The summed E-state index contributed by atoms with van der Waals surface area (Å²) in [6.45, 7) is -0.163. The van der Waals surface area contributed by atoms with Gasteiger partial charge in [-0.2, -0.15) is 23.4 Å². The molecule has 2 aromatic rings. The molecule has 0 aromatic carbocycles. The van der Waals surface area contributed by atoms with Gasteiger partial charge in [0.25, 0.3) is 0 Å². The second kappa shape index (κ2) is 8.39. The number of aliphatic hydroxyl groups excluding tert-OH is 1. The summed E-state index contributed by atoms with van der Waals surface area (Å²) in [6.07, 6.45) is 0.359. The zero-order chi connectivity index (χ0) is 20.1. The summed E-state index contributed by atoms with van der Waals surface area (Å²) in [5, 5.41) is 24.8. The van der Waals surface area contributed by atoms with Crippen LogP contribution in [0.15, 0.2) is 24.5 Å². The molecule has 0 unspecified atom stereocenters. The third-order valence-electron chi connectivity index (χ3n) is 4.54. The van der Waals surface area contributed by atoms with Crippen LogP contribution in [0.1, 0.15) is 42.5 Å². The number of hydrogen-bond donors (Lipinski definition) is 3. The lowest BCUT2D eigenvalue weighted by molar-refractivity contribution is -0.141. The highest BCUT2D eigenvalue weighted by molar-refractivity contribution is 5.54. The Labute approximate surface area is 159 Å². The summed E-state index contributed by atoms with van der Waals surface area (Å²) in [5.41, 5.74) is -0.747. The Kier molecular flexibility index (Phi) is 5.94. The second-order valence-corrected chi connectivity index (χ2v) is 6.58. The first kappa shape index (κ1) is 19.8. The maximum atomic E-state index is 13.0. The van der Waals surface area contributed by atoms with Crippen LogP contribution in [-0.4, -0.2) is 32.2 Å². The van der Waals surface area contributed by atoms with Gasteiger partial charge >= 0.3 is 6.18 Å². The van der Waals surface area contributed by atoms with Gasteiger partial charge in [0.15, 0.2) is 0 Å². The SMILES string of the molecule is N#Cc1cnc(NCc2cccnc2C(F)(F)F)nc1N[C@H]1CC[C@@H](O)CC1. The molecular formula is C18H19F3N6O.